The van der Waals surface area contributed by atoms with Gasteiger partial charge in [-0.15, -0.1) is 0 Å². The summed E-state index contributed by atoms with van der Waals surface area (Å²) in [7, 11) is 0. The monoisotopic (exact) mass is 515 g/mol. The van der Waals surface area contributed by atoms with Crippen LogP contribution in [-0.2, 0) is 16.0 Å². The van der Waals surface area contributed by atoms with Crippen LogP contribution in [0.5, 0.6) is 17.2 Å². The third-order valence-corrected chi connectivity index (χ3v) is 6.35. The molecule has 0 aliphatic carbocycles. The highest BCUT2D eigenvalue weighted by molar-refractivity contribution is 6.46. The molecular weight excluding hydrogens is 482 g/mol. The van der Waals surface area contributed by atoms with Gasteiger partial charge in [-0.05, 0) is 74.7 Å². The molecule has 198 valence electrons. The van der Waals surface area contributed by atoms with E-state index in [1.165, 1.54) is 4.90 Å². The van der Waals surface area contributed by atoms with Crippen molar-refractivity contribution in [3.05, 3.63) is 95.1 Å². The molecule has 0 spiro atoms. The molecule has 4 rings (SSSR count). The average molecular weight is 516 g/mol. The molecule has 38 heavy (non-hydrogen) atoms. The number of carbonyl (C=O) groups is 2. The highest BCUT2D eigenvalue weighted by atomic mass is 16.5. The van der Waals surface area contributed by atoms with Gasteiger partial charge in [0, 0.05) is 12.1 Å². The Morgan fingerprint density at radius 1 is 0.816 bits per heavy atom. The number of aliphatic hydroxyl groups excluding tert-OH is 1. The number of likely N-dealkylation sites (tertiary alicyclic amines) is 1. The molecule has 7 nitrogen and oxygen atoms in total. The van der Waals surface area contributed by atoms with Crippen molar-refractivity contribution in [2.45, 2.75) is 33.2 Å². The second-order valence-electron chi connectivity index (χ2n) is 8.76. The third kappa shape index (κ3) is 5.67. The number of Topliss-reactive ketones (excluding diaryl/α,β-unsaturated/α-hetero) is 1. The van der Waals surface area contributed by atoms with Crippen molar-refractivity contribution in [3.8, 4) is 17.2 Å². The molecule has 1 aliphatic rings. The van der Waals surface area contributed by atoms with Gasteiger partial charge in [-0.25, -0.2) is 0 Å². The van der Waals surface area contributed by atoms with E-state index >= 15 is 0 Å². The van der Waals surface area contributed by atoms with Crippen molar-refractivity contribution in [3.63, 3.8) is 0 Å². The van der Waals surface area contributed by atoms with Crippen LogP contribution < -0.4 is 14.2 Å². The molecule has 1 unspecified atom stereocenters. The number of nitrogens with zero attached hydrogens (tertiary/aromatic N) is 1. The molecular formula is C31H33NO6. The Hall–Kier alpha value is -4.26. The van der Waals surface area contributed by atoms with E-state index in [2.05, 4.69) is 0 Å². The minimum Gasteiger partial charge on any atom is -0.507 e. The lowest BCUT2D eigenvalue weighted by Crippen LogP contribution is -2.31. The molecule has 7 heteroatoms. The number of rotatable bonds is 11. The van der Waals surface area contributed by atoms with E-state index in [9.17, 15) is 14.7 Å². The van der Waals surface area contributed by atoms with E-state index in [1.807, 2.05) is 57.2 Å². The van der Waals surface area contributed by atoms with Crippen LogP contribution in [0.15, 0.2) is 78.4 Å². The standard InChI is InChI=1S/C31H33NO6/c1-4-36-24-15-12-22(13-16-24)29(33)27-28(23-14-17-25(37-5-2)26(20-23)38-6-3)32(31(35)30(27)34)19-18-21-10-8-7-9-11-21/h7-17,20,28,33H,4-6,18-19H2,1-3H3. The van der Waals surface area contributed by atoms with Gasteiger partial charge < -0.3 is 24.2 Å². The predicted octanol–water partition coefficient (Wildman–Crippen LogP) is 5.55. The van der Waals surface area contributed by atoms with Crippen LogP contribution in [0, 0.1) is 0 Å². The summed E-state index contributed by atoms with van der Waals surface area (Å²) < 4.78 is 17.0. The molecule has 3 aromatic rings. The van der Waals surface area contributed by atoms with Crippen LogP contribution >= 0.6 is 0 Å². The highest BCUT2D eigenvalue weighted by Crippen LogP contribution is 2.42. The van der Waals surface area contributed by atoms with E-state index < -0.39 is 17.7 Å². The topological polar surface area (TPSA) is 85.3 Å². The Bertz CT molecular complexity index is 1300. The molecule has 1 atom stereocenters. The van der Waals surface area contributed by atoms with E-state index in [4.69, 9.17) is 14.2 Å². The smallest absolute Gasteiger partial charge is 0.295 e. The maximum absolute atomic E-state index is 13.4. The van der Waals surface area contributed by atoms with Crippen molar-refractivity contribution < 1.29 is 28.9 Å². The summed E-state index contributed by atoms with van der Waals surface area (Å²) in [6.45, 7) is 7.35. The lowest BCUT2D eigenvalue weighted by molar-refractivity contribution is -0.139. The van der Waals surface area contributed by atoms with Gasteiger partial charge in [0.1, 0.15) is 11.5 Å². The predicted molar refractivity (Wildman–Crippen MR) is 146 cm³/mol. The van der Waals surface area contributed by atoms with Crippen molar-refractivity contribution in [1.29, 1.82) is 0 Å². The zero-order chi connectivity index (χ0) is 27.1. The summed E-state index contributed by atoms with van der Waals surface area (Å²) in [6.07, 6.45) is 0.558. The van der Waals surface area contributed by atoms with Crippen LogP contribution in [0.1, 0.15) is 43.5 Å². The normalized spacial score (nSPS) is 16.5. The number of ketones is 1. The van der Waals surface area contributed by atoms with Crippen molar-refractivity contribution in [1.82, 2.24) is 4.90 Å². The van der Waals surface area contributed by atoms with Gasteiger partial charge >= 0.3 is 0 Å². The summed E-state index contributed by atoms with van der Waals surface area (Å²) in [5, 5.41) is 11.4. The van der Waals surface area contributed by atoms with Gasteiger partial charge in [-0.1, -0.05) is 36.4 Å². The number of amides is 1. The molecule has 1 aliphatic heterocycles. The first-order valence-electron chi connectivity index (χ1n) is 12.9. The second kappa shape index (κ2) is 12.3. The first-order valence-corrected chi connectivity index (χ1v) is 12.9. The molecule has 1 N–H and O–H groups in total. The van der Waals surface area contributed by atoms with Gasteiger partial charge in [-0.3, -0.25) is 9.59 Å². The fourth-order valence-corrected chi connectivity index (χ4v) is 4.62. The SMILES string of the molecule is CCOc1ccc(C(O)=C2C(=O)C(=O)N(CCc3ccccc3)C2c2ccc(OCC)c(OCC)c2)cc1. The maximum atomic E-state index is 13.4. The number of benzene rings is 3. The summed E-state index contributed by atoms with van der Waals surface area (Å²) >= 11 is 0. The number of hydrogen-bond acceptors (Lipinski definition) is 6. The molecule has 3 aromatic carbocycles. The number of aliphatic hydroxyl groups is 1. The minimum absolute atomic E-state index is 0.0406. The summed E-state index contributed by atoms with van der Waals surface area (Å²) in [5.74, 6) is 0.140. The average Bonchev–Trinajstić information content (AvgIpc) is 3.19. The third-order valence-electron chi connectivity index (χ3n) is 6.35. The largest absolute Gasteiger partial charge is 0.507 e. The van der Waals surface area contributed by atoms with Crippen LogP contribution in [-0.4, -0.2) is 48.1 Å². The first-order chi connectivity index (χ1) is 18.5. The molecule has 0 bridgehead atoms. The van der Waals surface area contributed by atoms with Crippen LogP contribution in [0.2, 0.25) is 0 Å². The van der Waals surface area contributed by atoms with E-state index in [-0.39, 0.29) is 11.3 Å². The van der Waals surface area contributed by atoms with Gasteiger partial charge in [0.25, 0.3) is 11.7 Å². The number of ether oxygens (including phenoxy) is 3. The Morgan fingerprint density at radius 3 is 2.13 bits per heavy atom. The van der Waals surface area contributed by atoms with Crippen LogP contribution in [0.25, 0.3) is 5.76 Å². The first kappa shape index (κ1) is 26.8. The fraction of sp³-hybridized carbons (Fsp3) is 0.290. The molecule has 0 radical (unpaired) electrons. The summed E-state index contributed by atoms with van der Waals surface area (Å²) in [5.41, 5.74) is 2.16. The van der Waals surface area contributed by atoms with Crippen LogP contribution in [0.3, 0.4) is 0 Å². The van der Waals surface area contributed by atoms with Crippen molar-refractivity contribution in [2.24, 2.45) is 0 Å². The van der Waals surface area contributed by atoms with Crippen LogP contribution in [0.4, 0.5) is 0 Å². The number of hydrogen-bond donors (Lipinski definition) is 1. The molecule has 0 saturated carbocycles. The molecule has 1 amide bonds. The molecule has 1 fully saturated rings. The van der Waals surface area contributed by atoms with E-state index in [1.54, 1.807) is 36.4 Å². The van der Waals surface area contributed by atoms with Gasteiger partial charge in [0.2, 0.25) is 0 Å². The zero-order valence-corrected chi connectivity index (χ0v) is 22.0. The quantitative estimate of drug-likeness (QED) is 0.205. The zero-order valence-electron chi connectivity index (χ0n) is 22.0. The Labute approximate surface area is 223 Å². The summed E-state index contributed by atoms with van der Waals surface area (Å²) in [4.78, 5) is 28.2. The Balaban J connectivity index is 1.80. The molecule has 1 heterocycles. The van der Waals surface area contributed by atoms with Crippen molar-refractivity contribution in [2.75, 3.05) is 26.4 Å². The Morgan fingerprint density at radius 2 is 1.47 bits per heavy atom. The molecule has 1 saturated heterocycles. The number of carbonyl (C=O) groups excluding carboxylic acids is 2. The van der Waals surface area contributed by atoms with Gasteiger partial charge in [0.15, 0.2) is 11.5 Å². The second-order valence-corrected chi connectivity index (χ2v) is 8.76. The van der Waals surface area contributed by atoms with E-state index in [0.717, 1.165) is 5.56 Å². The maximum Gasteiger partial charge on any atom is 0.295 e. The van der Waals surface area contributed by atoms with E-state index in [0.29, 0.717) is 61.2 Å². The Kier molecular flexibility index (Phi) is 8.69. The highest BCUT2D eigenvalue weighted by Gasteiger charge is 2.46. The van der Waals surface area contributed by atoms with Gasteiger partial charge in [-0.2, -0.15) is 0 Å². The fourth-order valence-electron chi connectivity index (χ4n) is 4.62. The minimum atomic E-state index is -0.792. The lowest BCUT2D eigenvalue weighted by Gasteiger charge is -2.26. The summed E-state index contributed by atoms with van der Waals surface area (Å²) in [6, 6.07) is 21.2. The lowest BCUT2D eigenvalue weighted by atomic mass is 9.94. The van der Waals surface area contributed by atoms with Crippen molar-refractivity contribution >= 4 is 17.4 Å². The van der Waals surface area contributed by atoms with Gasteiger partial charge in [0.05, 0.1) is 31.4 Å². The molecule has 0 aromatic heterocycles.